The van der Waals surface area contributed by atoms with Crippen LogP contribution in [-0.2, 0) is 20.9 Å². The average molecular weight is 584 g/mol. The molecule has 42 heavy (non-hydrogen) atoms. The summed E-state index contributed by atoms with van der Waals surface area (Å²) >= 11 is 1.68. The lowest BCUT2D eigenvalue weighted by atomic mass is 9.91. The fourth-order valence-corrected chi connectivity index (χ4v) is 5.86. The second kappa shape index (κ2) is 13.8. The number of anilines is 2. The molecule has 0 spiro atoms. The fraction of sp³-hybridized carbons (Fsp3) is 0.242. The lowest BCUT2D eigenvalue weighted by molar-refractivity contribution is -0.268. The number of benzene rings is 3. The number of hydrogen-bond donors (Lipinski definition) is 3. The quantitative estimate of drug-likeness (QED) is 0.197. The van der Waals surface area contributed by atoms with Gasteiger partial charge in [0.15, 0.2) is 6.29 Å². The van der Waals surface area contributed by atoms with Gasteiger partial charge >= 0.3 is 0 Å². The predicted octanol–water partition coefficient (Wildman–Crippen LogP) is 6.37. The molecule has 3 N–H and O–H groups in total. The van der Waals surface area contributed by atoms with Crippen molar-refractivity contribution >= 4 is 35.0 Å². The number of carbonyl (C=O) groups is 2. The molecule has 2 amide bonds. The molecule has 0 aliphatic carbocycles. The van der Waals surface area contributed by atoms with Crippen LogP contribution in [0.4, 0.5) is 11.4 Å². The molecule has 5 rings (SSSR count). The Hall–Kier alpha value is -4.02. The largest absolute Gasteiger partial charge is 0.392 e. The molecule has 1 aromatic heterocycles. The van der Waals surface area contributed by atoms with Crippen LogP contribution in [0.2, 0.25) is 0 Å². The number of rotatable bonds is 9. The predicted molar refractivity (Wildman–Crippen MR) is 163 cm³/mol. The Kier molecular flexibility index (Phi) is 9.66. The van der Waals surface area contributed by atoms with Gasteiger partial charge in [0, 0.05) is 52.8 Å². The van der Waals surface area contributed by atoms with Gasteiger partial charge in [0.2, 0.25) is 5.91 Å². The maximum Gasteiger partial charge on any atom is 0.257 e. The highest BCUT2D eigenvalue weighted by molar-refractivity contribution is 7.99. The van der Waals surface area contributed by atoms with Crippen LogP contribution < -0.4 is 10.6 Å². The van der Waals surface area contributed by atoms with Gasteiger partial charge < -0.3 is 25.2 Å². The first-order valence-electron chi connectivity index (χ1n) is 13.7. The van der Waals surface area contributed by atoms with Gasteiger partial charge in [0.25, 0.3) is 5.91 Å². The molecule has 1 fully saturated rings. The zero-order chi connectivity index (χ0) is 29.5. The summed E-state index contributed by atoms with van der Waals surface area (Å²) < 4.78 is 13.1. The van der Waals surface area contributed by atoms with Crippen LogP contribution in [0, 0.1) is 5.92 Å². The molecular formula is C33H33N3O5S. The Morgan fingerprint density at radius 3 is 2.38 bits per heavy atom. The van der Waals surface area contributed by atoms with Crippen molar-refractivity contribution in [2.75, 3.05) is 16.4 Å². The zero-order valence-electron chi connectivity index (χ0n) is 23.4. The number of aromatic nitrogens is 1. The SMILES string of the molecule is CC(=O)Nc1ccc(SC[C@H]2O[C@@H](c3cccc(NC(=O)c4cccnc4)c3)O[C@@H](c3ccc(CO)cc3)[C@H]2C)cc1. The maximum atomic E-state index is 12.7. The summed E-state index contributed by atoms with van der Waals surface area (Å²) in [4.78, 5) is 29.2. The Morgan fingerprint density at radius 2 is 1.69 bits per heavy atom. The lowest BCUT2D eigenvalue weighted by Gasteiger charge is -2.41. The number of pyridine rings is 1. The first-order chi connectivity index (χ1) is 20.4. The zero-order valence-corrected chi connectivity index (χ0v) is 24.2. The van der Waals surface area contributed by atoms with E-state index in [2.05, 4.69) is 22.5 Å². The minimum Gasteiger partial charge on any atom is -0.392 e. The van der Waals surface area contributed by atoms with Crippen LogP contribution in [0.25, 0.3) is 0 Å². The van der Waals surface area contributed by atoms with E-state index in [0.717, 1.165) is 27.3 Å². The van der Waals surface area contributed by atoms with Crippen molar-refractivity contribution in [3.05, 3.63) is 120 Å². The van der Waals surface area contributed by atoms with Gasteiger partial charge in [-0.15, -0.1) is 11.8 Å². The second-order valence-corrected chi connectivity index (χ2v) is 11.3. The van der Waals surface area contributed by atoms with E-state index in [1.807, 2.05) is 72.8 Å². The molecule has 0 unspecified atom stereocenters. The van der Waals surface area contributed by atoms with Gasteiger partial charge in [0.05, 0.1) is 24.4 Å². The van der Waals surface area contributed by atoms with Crippen molar-refractivity contribution < 1.29 is 24.2 Å². The Morgan fingerprint density at radius 1 is 0.905 bits per heavy atom. The number of nitrogens with zero attached hydrogens (tertiary/aromatic N) is 1. The van der Waals surface area contributed by atoms with E-state index in [1.54, 1.807) is 30.1 Å². The van der Waals surface area contributed by atoms with Crippen molar-refractivity contribution in [2.45, 2.75) is 43.8 Å². The van der Waals surface area contributed by atoms with Gasteiger partial charge in [-0.05, 0) is 59.7 Å². The molecule has 216 valence electrons. The molecule has 4 aromatic rings. The van der Waals surface area contributed by atoms with Crippen LogP contribution in [0.1, 0.15) is 53.3 Å². The van der Waals surface area contributed by atoms with Crippen LogP contribution in [-0.4, -0.2) is 33.8 Å². The second-order valence-electron chi connectivity index (χ2n) is 10.2. The third-order valence-electron chi connectivity index (χ3n) is 7.05. The van der Waals surface area contributed by atoms with Crippen molar-refractivity contribution in [2.24, 2.45) is 5.92 Å². The van der Waals surface area contributed by atoms with Gasteiger partial charge in [-0.25, -0.2) is 0 Å². The van der Waals surface area contributed by atoms with Crippen molar-refractivity contribution in [1.82, 2.24) is 4.98 Å². The molecule has 4 atom stereocenters. The number of aliphatic hydroxyl groups is 1. The monoisotopic (exact) mass is 583 g/mol. The first kappa shape index (κ1) is 29.5. The molecule has 2 heterocycles. The van der Waals surface area contributed by atoms with Gasteiger partial charge in [-0.3, -0.25) is 14.6 Å². The lowest BCUT2D eigenvalue weighted by Crippen LogP contribution is -2.38. The first-order valence-corrected chi connectivity index (χ1v) is 14.7. The number of thioether (sulfide) groups is 1. The standard InChI is InChI=1S/C33H33N3O5S/c1-21-30(20-42-29-14-12-27(13-15-29)35-22(2)38)40-33(41-31(21)24-10-8-23(19-37)9-11-24)25-5-3-7-28(17-25)36-32(39)26-6-4-16-34-18-26/h3-18,21,30-31,33,37H,19-20H2,1-2H3,(H,35,38)(H,36,39)/t21-,30+,31+,33+/m0/s1. The molecule has 8 nitrogen and oxygen atoms in total. The van der Waals surface area contributed by atoms with Crippen LogP contribution >= 0.6 is 11.8 Å². The summed E-state index contributed by atoms with van der Waals surface area (Å²) in [5, 5.41) is 15.2. The van der Waals surface area contributed by atoms with E-state index in [1.165, 1.54) is 13.1 Å². The number of nitrogens with one attached hydrogen (secondary N) is 2. The van der Waals surface area contributed by atoms with E-state index >= 15 is 0 Å². The molecule has 1 saturated heterocycles. The molecule has 1 aliphatic heterocycles. The number of hydrogen-bond acceptors (Lipinski definition) is 7. The minimum absolute atomic E-state index is 0.0232. The number of carbonyl (C=O) groups excluding carboxylic acids is 2. The maximum absolute atomic E-state index is 12.7. The Bertz CT molecular complexity index is 1500. The van der Waals surface area contributed by atoms with Gasteiger partial charge in [-0.1, -0.05) is 43.3 Å². The minimum atomic E-state index is -0.660. The summed E-state index contributed by atoms with van der Waals surface area (Å²) in [6.45, 7) is 3.59. The molecule has 0 radical (unpaired) electrons. The van der Waals surface area contributed by atoms with E-state index in [4.69, 9.17) is 9.47 Å². The van der Waals surface area contributed by atoms with Crippen LogP contribution in [0.5, 0.6) is 0 Å². The highest BCUT2D eigenvalue weighted by Gasteiger charge is 2.38. The van der Waals surface area contributed by atoms with E-state index in [-0.39, 0.29) is 36.5 Å². The van der Waals surface area contributed by atoms with Crippen molar-refractivity contribution in [1.29, 1.82) is 0 Å². The normalized spacial score (nSPS) is 20.1. The third-order valence-corrected chi connectivity index (χ3v) is 8.15. The topological polar surface area (TPSA) is 110 Å². The van der Waals surface area contributed by atoms with Crippen molar-refractivity contribution in [3.8, 4) is 0 Å². The highest BCUT2D eigenvalue weighted by atomic mass is 32.2. The molecule has 1 aliphatic rings. The summed E-state index contributed by atoms with van der Waals surface area (Å²) in [6.07, 6.45) is 2.08. The van der Waals surface area contributed by atoms with Gasteiger partial charge in [-0.2, -0.15) is 0 Å². The van der Waals surface area contributed by atoms with Gasteiger partial charge in [0.1, 0.15) is 0 Å². The highest BCUT2D eigenvalue weighted by Crippen LogP contribution is 2.43. The fourth-order valence-electron chi connectivity index (χ4n) is 4.79. The number of amides is 2. The summed E-state index contributed by atoms with van der Waals surface area (Å²) in [7, 11) is 0. The third kappa shape index (κ3) is 7.43. The molecule has 0 saturated carbocycles. The molecular weight excluding hydrogens is 550 g/mol. The number of aliphatic hydroxyl groups excluding tert-OH is 1. The molecule has 0 bridgehead atoms. The summed E-state index contributed by atoms with van der Waals surface area (Å²) in [6, 6.07) is 26.5. The van der Waals surface area contributed by atoms with Crippen LogP contribution in [0.3, 0.4) is 0 Å². The summed E-state index contributed by atoms with van der Waals surface area (Å²) in [5.41, 5.74) is 4.48. The van der Waals surface area contributed by atoms with E-state index < -0.39 is 6.29 Å². The molecule has 3 aromatic carbocycles. The van der Waals surface area contributed by atoms with E-state index in [9.17, 15) is 14.7 Å². The number of ether oxygens (including phenoxy) is 2. The van der Waals surface area contributed by atoms with Crippen molar-refractivity contribution in [3.63, 3.8) is 0 Å². The average Bonchev–Trinajstić information content (AvgIpc) is 3.01. The van der Waals surface area contributed by atoms with E-state index in [0.29, 0.717) is 17.0 Å². The Balaban J connectivity index is 1.36. The van der Waals surface area contributed by atoms with Crippen LogP contribution in [0.15, 0.2) is 102 Å². The smallest absolute Gasteiger partial charge is 0.257 e. The summed E-state index contributed by atoms with van der Waals surface area (Å²) in [5.74, 6) is 0.355. The molecule has 9 heteroatoms. The Labute approximate surface area is 249 Å².